The highest BCUT2D eigenvalue weighted by Crippen LogP contribution is 2.60. The highest BCUT2D eigenvalue weighted by atomic mass is 19.1. The van der Waals surface area contributed by atoms with E-state index in [0.29, 0.717) is 25.6 Å². The average molecular weight is 331 g/mol. The normalized spacial score (nSPS) is 28.4. The zero-order chi connectivity index (χ0) is 17.5. The van der Waals surface area contributed by atoms with Gasteiger partial charge in [0.1, 0.15) is 11.9 Å². The molecular formula is C20H26FNO2. The minimum absolute atomic E-state index is 0.0258. The Bertz CT molecular complexity index is 646. The van der Waals surface area contributed by atoms with E-state index in [2.05, 4.69) is 33.8 Å². The Morgan fingerprint density at radius 2 is 1.96 bits per heavy atom. The van der Waals surface area contributed by atoms with Crippen molar-refractivity contribution < 1.29 is 13.9 Å². The molecule has 0 N–H and O–H groups in total. The molecule has 130 valence electrons. The van der Waals surface area contributed by atoms with Gasteiger partial charge in [-0.15, -0.1) is 0 Å². The number of morpholine rings is 1. The first-order valence-electron chi connectivity index (χ1n) is 8.61. The third kappa shape index (κ3) is 3.25. The first-order valence-corrected chi connectivity index (χ1v) is 8.61. The molecule has 3 nitrogen and oxygen atoms in total. The van der Waals surface area contributed by atoms with Gasteiger partial charge in [0.05, 0.1) is 19.1 Å². The van der Waals surface area contributed by atoms with E-state index in [0.717, 1.165) is 5.56 Å². The average Bonchev–Trinajstić information content (AvgIpc) is 3.07. The second-order valence-electron chi connectivity index (χ2n) is 7.76. The van der Waals surface area contributed by atoms with Crippen molar-refractivity contribution in [3.05, 3.63) is 47.3 Å². The van der Waals surface area contributed by atoms with Crippen LogP contribution in [0.5, 0.6) is 0 Å². The first-order chi connectivity index (χ1) is 11.3. The van der Waals surface area contributed by atoms with Crippen molar-refractivity contribution in [2.75, 3.05) is 19.7 Å². The molecule has 1 aromatic rings. The van der Waals surface area contributed by atoms with Gasteiger partial charge in [-0.25, -0.2) is 4.39 Å². The number of allylic oxidation sites excluding steroid dienone is 2. The highest BCUT2D eigenvalue weighted by Gasteiger charge is 2.61. The zero-order valence-electron chi connectivity index (χ0n) is 14.9. The molecule has 0 aromatic heterocycles. The Labute approximate surface area is 143 Å². The summed E-state index contributed by atoms with van der Waals surface area (Å²) in [5.74, 6) is 0.339. The summed E-state index contributed by atoms with van der Waals surface area (Å²) in [6, 6.07) is 6.35. The Hall–Kier alpha value is -1.68. The summed E-state index contributed by atoms with van der Waals surface area (Å²) < 4.78 is 18.9. The van der Waals surface area contributed by atoms with Gasteiger partial charge in [0.2, 0.25) is 5.91 Å². The Balaban J connectivity index is 1.70. The summed E-state index contributed by atoms with van der Waals surface area (Å²) in [4.78, 5) is 14.9. The summed E-state index contributed by atoms with van der Waals surface area (Å²) in [6.45, 7) is 10.2. The predicted octanol–water partition coefficient (Wildman–Crippen LogP) is 3.96. The third-order valence-electron chi connectivity index (χ3n) is 5.31. The Morgan fingerprint density at radius 3 is 2.58 bits per heavy atom. The largest absolute Gasteiger partial charge is 0.370 e. The van der Waals surface area contributed by atoms with Crippen LogP contribution in [0, 0.1) is 23.1 Å². The van der Waals surface area contributed by atoms with Crippen LogP contribution in [0.3, 0.4) is 0 Å². The fraction of sp³-hybridized carbons (Fsp3) is 0.550. The van der Waals surface area contributed by atoms with Crippen molar-refractivity contribution in [2.45, 2.75) is 33.8 Å². The minimum atomic E-state index is -0.258. The quantitative estimate of drug-likeness (QED) is 0.785. The number of halogens is 1. The summed E-state index contributed by atoms with van der Waals surface area (Å²) in [6.07, 6.45) is 2.05. The smallest absolute Gasteiger partial charge is 0.227 e. The number of rotatable bonds is 3. The lowest BCUT2D eigenvalue weighted by Gasteiger charge is -2.33. The van der Waals surface area contributed by atoms with Crippen molar-refractivity contribution in [2.24, 2.45) is 17.3 Å². The van der Waals surface area contributed by atoms with Gasteiger partial charge in [-0.1, -0.05) is 37.6 Å². The van der Waals surface area contributed by atoms with Crippen LogP contribution in [0.25, 0.3) is 0 Å². The monoisotopic (exact) mass is 331 g/mol. The van der Waals surface area contributed by atoms with Crippen LogP contribution in [-0.2, 0) is 9.53 Å². The molecule has 3 rings (SSSR count). The Morgan fingerprint density at radius 1 is 1.29 bits per heavy atom. The number of benzene rings is 1. The van der Waals surface area contributed by atoms with E-state index in [1.165, 1.54) is 17.7 Å². The molecule has 3 atom stereocenters. The molecule has 2 aliphatic rings. The summed E-state index contributed by atoms with van der Waals surface area (Å²) in [5.41, 5.74) is 2.21. The molecule has 4 heteroatoms. The number of hydrogen-bond donors (Lipinski definition) is 0. The van der Waals surface area contributed by atoms with E-state index in [4.69, 9.17) is 4.74 Å². The molecule has 1 aliphatic carbocycles. The minimum Gasteiger partial charge on any atom is -0.370 e. The lowest BCUT2D eigenvalue weighted by atomic mass is 10.1. The van der Waals surface area contributed by atoms with Gasteiger partial charge in [-0.2, -0.15) is 0 Å². The summed E-state index contributed by atoms with van der Waals surface area (Å²) >= 11 is 0. The molecule has 1 aromatic carbocycles. The van der Waals surface area contributed by atoms with Gasteiger partial charge in [0.25, 0.3) is 0 Å². The van der Waals surface area contributed by atoms with Gasteiger partial charge in [0, 0.05) is 6.54 Å². The molecule has 1 saturated carbocycles. The van der Waals surface area contributed by atoms with E-state index in [1.54, 1.807) is 12.1 Å². The second kappa shape index (κ2) is 6.32. The molecule has 1 heterocycles. The maximum atomic E-state index is 13.1. The maximum absolute atomic E-state index is 13.1. The molecule has 1 aliphatic heterocycles. The van der Waals surface area contributed by atoms with Crippen LogP contribution in [0.4, 0.5) is 4.39 Å². The van der Waals surface area contributed by atoms with E-state index in [1.807, 2.05) is 4.90 Å². The third-order valence-corrected chi connectivity index (χ3v) is 5.31. The number of carbonyl (C=O) groups excluding carboxylic acids is 1. The van der Waals surface area contributed by atoms with Gasteiger partial charge in [-0.05, 0) is 42.9 Å². The van der Waals surface area contributed by atoms with Gasteiger partial charge in [0.15, 0.2) is 0 Å². The number of amides is 1. The van der Waals surface area contributed by atoms with Crippen LogP contribution < -0.4 is 0 Å². The van der Waals surface area contributed by atoms with E-state index in [-0.39, 0.29) is 29.2 Å². The fourth-order valence-electron chi connectivity index (χ4n) is 3.74. The van der Waals surface area contributed by atoms with Crippen molar-refractivity contribution in [1.82, 2.24) is 4.90 Å². The van der Waals surface area contributed by atoms with E-state index >= 15 is 0 Å². The topological polar surface area (TPSA) is 29.5 Å². The lowest BCUT2D eigenvalue weighted by molar-refractivity contribution is -0.141. The van der Waals surface area contributed by atoms with Gasteiger partial charge >= 0.3 is 0 Å². The number of carbonyl (C=O) groups is 1. The van der Waals surface area contributed by atoms with E-state index < -0.39 is 0 Å². The zero-order valence-corrected chi connectivity index (χ0v) is 14.9. The molecular weight excluding hydrogens is 305 g/mol. The molecule has 0 spiro atoms. The molecule has 1 saturated heterocycles. The highest BCUT2D eigenvalue weighted by molar-refractivity contribution is 5.84. The molecule has 0 bridgehead atoms. The lowest BCUT2D eigenvalue weighted by Crippen LogP contribution is -2.43. The van der Waals surface area contributed by atoms with Crippen LogP contribution in [0.2, 0.25) is 0 Å². The molecule has 2 fully saturated rings. The van der Waals surface area contributed by atoms with E-state index in [9.17, 15) is 9.18 Å². The van der Waals surface area contributed by atoms with Gasteiger partial charge < -0.3 is 9.64 Å². The number of ether oxygens (including phenoxy) is 1. The number of hydrogen-bond acceptors (Lipinski definition) is 2. The van der Waals surface area contributed by atoms with Crippen molar-refractivity contribution >= 4 is 5.91 Å². The first kappa shape index (κ1) is 17.2. The van der Waals surface area contributed by atoms with Crippen molar-refractivity contribution in [1.29, 1.82) is 0 Å². The van der Waals surface area contributed by atoms with Crippen molar-refractivity contribution in [3.63, 3.8) is 0 Å². The van der Waals surface area contributed by atoms with Crippen LogP contribution in [0.1, 0.15) is 39.4 Å². The summed E-state index contributed by atoms with van der Waals surface area (Å²) in [7, 11) is 0. The Kier molecular flexibility index (Phi) is 4.52. The summed E-state index contributed by atoms with van der Waals surface area (Å²) in [5, 5.41) is 0. The van der Waals surface area contributed by atoms with Crippen molar-refractivity contribution in [3.8, 4) is 0 Å². The van der Waals surface area contributed by atoms with Crippen LogP contribution in [0.15, 0.2) is 35.9 Å². The number of nitrogens with zero attached hydrogens (tertiary/aromatic N) is 1. The van der Waals surface area contributed by atoms with Crippen LogP contribution >= 0.6 is 0 Å². The standard InChI is InChI=1S/C20H26FNO2/c1-13(2)11-16-18(20(16,3)4)19(23)22-9-10-24-17(12-22)14-5-7-15(21)8-6-14/h5-8,11,16-18H,9-10,12H2,1-4H3/t16-,17+,18-/m1/s1. The maximum Gasteiger partial charge on any atom is 0.227 e. The SMILES string of the molecule is CC(C)=C[C@@H]1[C@H](C(=O)N2CCO[C@H](c3ccc(F)cc3)C2)C1(C)C. The van der Waals surface area contributed by atoms with Crippen LogP contribution in [-0.4, -0.2) is 30.5 Å². The predicted molar refractivity (Wildman–Crippen MR) is 91.9 cm³/mol. The second-order valence-corrected chi connectivity index (χ2v) is 7.76. The van der Waals surface area contributed by atoms with Gasteiger partial charge in [-0.3, -0.25) is 4.79 Å². The fourth-order valence-corrected chi connectivity index (χ4v) is 3.74. The molecule has 1 amide bonds. The molecule has 0 unspecified atom stereocenters. The molecule has 0 radical (unpaired) electrons. The molecule has 24 heavy (non-hydrogen) atoms.